The average molecular weight is 514 g/mol. The summed E-state index contributed by atoms with van der Waals surface area (Å²) in [5.74, 6) is -0.263. The number of unbranched alkanes of at least 4 members (excludes halogenated alkanes) is 1. The van der Waals surface area contributed by atoms with Gasteiger partial charge < -0.3 is 5.32 Å². The van der Waals surface area contributed by atoms with Crippen LogP contribution in [0.25, 0.3) is 39.0 Å². The van der Waals surface area contributed by atoms with Gasteiger partial charge in [0.15, 0.2) is 0 Å². The van der Waals surface area contributed by atoms with Crippen LogP contribution in [0.15, 0.2) is 59.9 Å². The summed E-state index contributed by atoms with van der Waals surface area (Å²) >= 11 is 6.21. The van der Waals surface area contributed by atoms with E-state index in [0.29, 0.717) is 39.4 Å². The predicted molar refractivity (Wildman–Crippen MR) is 155 cm³/mol. The number of aromatic nitrogens is 2. The fraction of sp³-hybridized carbons (Fsp3) is 0.258. The zero-order valence-electron chi connectivity index (χ0n) is 22.0. The van der Waals surface area contributed by atoms with Crippen LogP contribution in [0, 0.1) is 13.8 Å². The molecule has 0 fully saturated rings. The Hall–Kier alpha value is -3.70. The minimum absolute atomic E-state index is 0.199. The monoisotopic (exact) mass is 513 g/mol. The number of carbonyl (C=O) groups excluding carboxylic acids is 1. The molecular formula is C31H32ClN3O2. The number of anilines is 1. The largest absolute Gasteiger partial charge is 0.325 e. The van der Waals surface area contributed by atoms with Gasteiger partial charge in [0.05, 0.1) is 16.9 Å². The summed E-state index contributed by atoms with van der Waals surface area (Å²) in [5, 5.41) is 4.25. The number of amides is 1. The molecule has 4 aromatic rings. The minimum atomic E-state index is -0.263. The van der Waals surface area contributed by atoms with Crippen LogP contribution in [0.2, 0.25) is 5.02 Å². The summed E-state index contributed by atoms with van der Waals surface area (Å²) < 4.78 is 1.73. The van der Waals surface area contributed by atoms with E-state index in [1.54, 1.807) is 11.5 Å². The maximum atomic E-state index is 13.8. The standard InChI is InChI=1S/C31H32ClN3O2/c1-7-8-15-35-30-26(29(33-21(6)36)27(18(2)3)31(35)37)17-25(22-10-12-23(32)13-11-22)28(34-30)24-14-9-19(4)16-20(24)5/h9-14,16-17H,2,7-8,15H2,1,3-6H3,(H,33,36). The van der Waals surface area contributed by atoms with E-state index in [0.717, 1.165) is 46.4 Å². The van der Waals surface area contributed by atoms with Gasteiger partial charge in [0.1, 0.15) is 5.65 Å². The molecule has 0 aliphatic heterocycles. The molecule has 0 saturated heterocycles. The first kappa shape index (κ1) is 26.4. The lowest BCUT2D eigenvalue weighted by Crippen LogP contribution is -2.27. The first-order valence-electron chi connectivity index (χ1n) is 12.5. The molecule has 0 radical (unpaired) electrons. The van der Waals surface area contributed by atoms with Crippen molar-refractivity contribution in [3.63, 3.8) is 0 Å². The maximum absolute atomic E-state index is 13.8. The van der Waals surface area contributed by atoms with Gasteiger partial charge >= 0.3 is 0 Å². The van der Waals surface area contributed by atoms with E-state index < -0.39 is 0 Å². The number of hydrogen-bond donors (Lipinski definition) is 1. The zero-order chi connectivity index (χ0) is 26.9. The topological polar surface area (TPSA) is 64.0 Å². The number of benzene rings is 2. The Kier molecular flexibility index (Phi) is 7.65. The van der Waals surface area contributed by atoms with Crippen molar-refractivity contribution in [1.82, 2.24) is 9.55 Å². The van der Waals surface area contributed by atoms with Gasteiger partial charge in [-0.3, -0.25) is 14.2 Å². The number of fused-ring (bicyclic) bond motifs is 1. The number of aryl methyl sites for hydroxylation is 3. The molecule has 190 valence electrons. The van der Waals surface area contributed by atoms with E-state index in [-0.39, 0.29) is 11.5 Å². The Labute approximate surface area is 222 Å². The number of carbonyl (C=O) groups is 1. The third kappa shape index (κ3) is 5.23. The van der Waals surface area contributed by atoms with E-state index in [9.17, 15) is 9.59 Å². The SMILES string of the molecule is C=C(C)c1c(NC(C)=O)c2cc(-c3ccc(Cl)cc3)c(-c3ccc(C)cc3C)nc2n(CCCC)c1=O. The number of pyridine rings is 2. The van der Waals surface area contributed by atoms with Crippen LogP contribution in [0.3, 0.4) is 0 Å². The van der Waals surface area contributed by atoms with Crippen molar-refractivity contribution in [3.8, 4) is 22.4 Å². The molecule has 0 atom stereocenters. The molecule has 0 aliphatic rings. The van der Waals surface area contributed by atoms with Crippen LogP contribution in [-0.2, 0) is 11.3 Å². The Morgan fingerprint density at radius 3 is 2.35 bits per heavy atom. The van der Waals surface area contributed by atoms with Gasteiger partial charge in [-0.1, -0.05) is 67.4 Å². The molecule has 4 rings (SSSR count). The third-order valence-electron chi connectivity index (χ3n) is 6.49. The van der Waals surface area contributed by atoms with Crippen LogP contribution in [-0.4, -0.2) is 15.5 Å². The Morgan fingerprint density at radius 1 is 1.05 bits per heavy atom. The molecule has 0 unspecified atom stereocenters. The van der Waals surface area contributed by atoms with Gasteiger partial charge in [-0.2, -0.15) is 0 Å². The molecule has 2 aromatic carbocycles. The molecular weight excluding hydrogens is 482 g/mol. The summed E-state index contributed by atoms with van der Waals surface area (Å²) in [4.78, 5) is 31.2. The van der Waals surface area contributed by atoms with E-state index >= 15 is 0 Å². The average Bonchev–Trinajstić information content (AvgIpc) is 2.83. The highest BCUT2D eigenvalue weighted by Crippen LogP contribution is 2.38. The Balaban J connectivity index is 2.21. The number of allylic oxidation sites excluding steroid dienone is 1. The second kappa shape index (κ2) is 10.7. The summed E-state index contributed by atoms with van der Waals surface area (Å²) in [5.41, 5.74) is 7.61. The van der Waals surface area contributed by atoms with Gasteiger partial charge in [-0.15, -0.1) is 0 Å². The van der Waals surface area contributed by atoms with Gasteiger partial charge in [0.2, 0.25) is 5.91 Å². The fourth-order valence-electron chi connectivity index (χ4n) is 4.73. The molecule has 6 heteroatoms. The molecule has 2 aromatic heterocycles. The lowest BCUT2D eigenvalue weighted by atomic mass is 9.94. The van der Waals surface area contributed by atoms with E-state index in [2.05, 4.69) is 50.9 Å². The first-order chi connectivity index (χ1) is 17.6. The van der Waals surface area contributed by atoms with E-state index in [1.165, 1.54) is 6.92 Å². The summed E-state index contributed by atoms with van der Waals surface area (Å²) in [6.45, 7) is 14.0. The van der Waals surface area contributed by atoms with Crippen LogP contribution in [0.4, 0.5) is 5.69 Å². The Morgan fingerprint density at radius 2 is 1.76 bits per heavy atom. The number of halogens is 1. The highest BCUT2D eigenvalue weighted by atomic mass is 35.5. The third-order valence-corrected chi connectivity index (χ3v) is 6.74. The van der Waals surface area contributed by atoms with Crippen molar-refractivity contribution in [2.45, 2.75) is 54.0 Å². The highest BCUT2D eigenvalue weighted by Gasteiger charge is 2.23. The molecule has 1 N–H and O–H groups in total. The molecule has 0 aliphatic carbocycles. The number of nitrogens with one attached hydrogen (secondary N) is 1. The molecule has 0 bridgehead atoms. The summed E-state index contributed by atoms with van der Waals surface area (Å²) in [6.07, 6.45) is 1.75. The fourth-order valence-corrected chi connectivity index (χ4v) is 4.85. The normalized spacial score (nSPS) is 11.1. The van der Waals surface area contributed by atoms with Gasteiger partial charge in [-0.05, 0) is 62.1 Å². The lowest BCUT2D eigenvalue weighted by Gasteiger charge is -2.21. The summed E-state index contributed by atoms with van der Waals surface area (Å²) in [6, 6.07) is 15.9. The Bertz CT molecular complexity index is 1580. The molecule has 0 spiro atoms. The van der Waals surface area contributed by atoms with Crippen LogP contribution >= 0.6 is 11.6 Å². The van der Waals surface area contributed by atoms with Crippen LogP contribution in [0.1, 0.15) is 50.3 Å². The summed E-state index contributed by atoms with van der Waals surface area (Å²) in [7, 11) is 0. The molecule has 2 heterocycles. The number of hydrogen-bond acceptors (Lipinski definition) is 3. The smallest absolute Gasteiger partial charge is 0.261 e. The second-order valence-corrected chi connectivity index (χ2v) is 10.0. The number of nitrogens with zero attached hydrogens (tertiary/aromatic N) is 2. The van der Waals surface area contributed by atoms with Crippen LogP contribution in [0.5, 0.6) is 0 Å². The van der Waals surface area contributed by atoms with Crippen LogP contribution < -0.4 is 10.9 Å². The quantitative estimate of drug-likeness (QED) is 0.274. The van der Waals surface area contributed by atoms with Crippen molar-refractivity contribution in [1.29, 1.82) is 0 Å². The van der Waals surface area contributed by atoms with Crippen molar-refractivity contribution >= 4 is 39.8 Å². The van der Waals surface area contributed by atoms with Crippen molar-refractivity contribution < 1.29 is 4.79 Å². The van der Waals surface area contributed by atoms with Crippen molar-refractivity contribution in [3.05, 3.63) is 87.2 Å². The highest BCUT2D eigenvalue weighted by molar-refractivity contribution is 6.30. The molecule has 1 amide bonds. The first-order valence-corrected chi connectivity index (χ1v) is 12.9. The van der Waals surface area contributed by atoms with Gasteiger partial charge in [0, 0.05) is 35.0 Å². The maximum Gasteiger partial charge on any atom is 0.261 e. The minimum Gasteiger partial charge on any atom is -0.325 e. The predicted octanol–water partition coefficient (Wildman–Crippen LogP) is 7.79. The lowest BCUT2D eigenvalue weighted by molar-refractivity contribution is -0.114. The van der Waals surface area contributed by atoms with E-state index in [1.807, 2.05) is 30.3 Å². The molecule has 5 nitrogen and oxygen atoms in total. The van der Waals surface area contributed by atoms with Crippen molar-refractivity contribution in [2.75, 3.05) is 5.32 Å². The van der Waals surface area contributed by atoms with E-state index in [4.69, 9.17) is 16.6 Å². The number of rotatable bonds is 7. The van der Waals surface area contributed by atoms with Gasteiger partial charge in [-0.25, -0.2) is 4.98 Å². The molecule has 37 heavy (non-hydrogen) atoms. The van der Waals surface area contributed by atoms with Gasteiger partial charge in [0.25, 0.3) is 5.56 Å². The second-order valence-electron chi connectivity index (χ2n) is 9.60. The zero-order valence-corrected chi connectivity index (χ0v) is 22.8. The molecule has 0 saturated carbocycles. The van der Waals surface area contributed by atoms with Crippen molar-refractivity contribution in [2.24, 2.45) is 0 Å².